The Balaban J connectivity index is 1.79. The number of hydrogen-bond donors (Lipinski definition) is 1. The second-order valence-corrected chi connectivity index (χ2v) is 7.09. The van der Waals surface area contributed by atoms with E-state index in [0.717, 1.165) is 24.8 Å². The van der Waals surface area contributed by atoms with E-state index >= 15 is 0 Å². The first-order chi connectivity index (χ1) is 9.81. The van der Waals surface area contributed by atoms with Crippen molar-refractivity contribution in [2.45, 2.75) is 70.2 Å². The Morgan fingerprint density at radius 1 is 1.35 bits per heavy atom. The minimum absolute atomic E-state index is 0.585. The molecule has 2 rings (SSSR count). The molecule has 114 valence electrons. The number of aromatic nitrogens is 2. The van der Waals surface area contributed by atoms with E-state index < -0.39 is 0 Å². The zero-order chi connectivity index (χ0) is 14.2. The molecule has 20 heavy (non-hydrogen) atoms. The van der Waals surface area contributed by atoms with Gasteiger partial charge < -0.3 is 5.32 Å². The average molecular weight is 295 g/mol. The molecule has 3 nitrogen and oxygen atoms in total. The zero-order valence-corrected chi connectivity index (χ0v) is 13.8. The molecule has 1 unspecified atom stereocenters. The second-order valence-electron chi connectivity index (χ2n) is 5.76. The molecule has 1 saturated carbocycles. The molecule has 1 aliphatic carbocycles. The number of aryl methyl sites for hydroxylation is 1. The molecule has 1 aromatic rings. The Hall–Kier alpha value is -0.480. The van der Waals surface area contributed by atoms with Gasteiger partial charge in [0.25, 0.3) is 0 Å². The maximum atomic E-state index is 4.38. The summed E-state index contributed by atoms with van der Waals surface area (Å²) in [6.45, 7) is 6.35. The Morgan fingerprint density at radius 3 is 2.80 bits per heavy atom. The van der Waals surface area contributed by atoms with Crippen molar-refractivity contribution in [3.05, 3.63) is 18.0 Å². The fraction of sp³-hybridized carbons (Fsp3) is 0.812. The molecule has 0 aliphatic heterocycles. The van der Waals surface area contributed by atoms with Gasteiger partial charge in [0.1, 0.15) is 0 Å². The van der Waals surface area contributed by atoms with Gasteiger partial charge in [-0.3, -0.25) is 4.68 Å². The molecule has 0 saturated heterocycles. The summed E-state index contributed by atoms with van der Waals surface area (Å²) < 4.78 is 2.02. The molecule has 0 bridgehead atoms. The first kappa shape index (κ1) is 15.9. The van der Waals surface area contributed by atoms with Gasteiger partial charge in [0.05, 0.1) is 6.20 Å². The van der Waals surface area contributed by atoms with E-state index in [1.54, 1.807) is 0 Å². The molecular weight excluding hydrogens is 266 g/mol. The van der Waals surface area contributed by atoms with Crippen LogP contribution in [0.3, 0.4) is 0 Å². The van der Waals surface area contributed by atoms with E-state index in [4.69, 9.17) is 0 Å². The zero-order valence-electron chi connectivity index (χ0n) is 13.0. The van der Waals surface area contributed by atoms with Gasteiger partial charge in [-0.1, -0.05) is 26.2 Å². The third-order valence-corrected chi connectivity index (χ3v) is 5.61. The van der Waals surface area contributed by atoms with Gasteiger partial charge in [0.15, 0.2) is 0 Å². The third-order valence-electron chi connectivity index (χ3n) is 4.07. The van der Waals surface area contributed by atoms with Crippen molar-refractivity contribution in [3.8, 4) is 0 Å². The number of nitrogens with one attached hydrogen (secondary N) is 1. The Labute approximate surface area is 127 Å². The quantitative estimate of drug-likeness (QED) is 0.796. The molecule has 1 heterocycles. The highest BCUT2D eigenvalue weighted by Crippen LogP contribution is 2.28. The third kappa shape index (κ3) is 5.13. The predicted octanol–water partition coefficient (Wildman–Crippen LogP) is 3.49. The lowest BCUT2D eigenvalue weighted by molar-refractivity contribution is 0.513. The van der Waals surface area contributed by atoms with Crippen LogP contribution in [0.5, 0.6) is 0 Å². The van der Waals surface area contributed by atoms with E-state index in [1.165, 1.54) is 43.4 Å². The van der Waals surface area contributed by atoms with Crippen LogP contribution in [0.15, 0.2) is 12.4 Å². The van der Waals surface area contributed by atoms with Crippen LogP contribution in [0, 0.1) is 0 Å². The summed E-state index contributed by atoms with van der Waals surface area (Å²) in [6.07, 6.45) is 12.5. The van der Waals surface area contributed by atoms with Crippen molar-refractivity contribution < 1.29 is 0 Å². The SMILES string of the molecule is CCNC(CSC1CCCCC1)Cc1cnn(CC)c1. The van der Waals surface area contributed by atoms with Gasteiger partial charge in [-0.2, -0.15) is 16.9 Å². The standard InChI is InChI=1S/C16H29N3S/c1-3-17-15(10-14-11-18-19(4-2)12-14)13-20-16-8-6-5-7-9-16/h11-12,15-17H,3-10,13H2,1-2H3. The molecule has 1 aliphatic rings. The fourth-order valence-electron chi connectivity index (χ4n) is 2.93. The summed E-state index contributed by atoms with van der Waals surface area (Å²) in [5.74, 6) is 1.23. The maximum absolute atomic E-state index is 4.38. The van der Waals surface area contributed by atoms with Crippen LogP contribution >= 0.6 is 11.8 Å². The summed E-state index contributed by atoms with van der Waals surface area (Å²) in [5.41, 5.74) is 1.36. The summed E-state index contributed by atoms with van der Waals surface area (Å²) >= 11 is 2.19. The molecule has 0 amide bonds. The number of likely N-dealkylation sites (N-methyl/N-ethyl adjacent to an activating group) is 1. The monoisotopic (exact) mass is 295 g/mol. The van der Waals surface area contributed by atoms with E-state index in [0.29, 0.717) is 6.04 Å². The van der Waals surface area contributed by atoms with Gasteiger partial charge in [0, 0.05) is 29.8 Å². The van der Waals surface area contributed by atoms with Crippen LogP contribution in [-0.4, -0.2) is 33.4 Å². The van der Waals surface area contributed by atoms with Crippen LogP contribution < -0.4 is 5.32 Å². The van der Waals surface area contributed by atoms with Crippen LogP contribution in [0.4, 0.5) is 0 Å². The summed E-state index contributed by atoms with van der Waals surface area (Å²) in [7, 11) is 0. The van der Waals surface area contributed by atoms with Gasteiger partial charge >= 0.3 is 0 Å². The molecule has 1 aromatic heterocycles. The topological polar surface area (TPSA) is 29.9 Å². The lowest BCUT2D eigenvalue weighted by atomic mass is 10.0. The molecule has 1 N–H and O–H groups in total. The summed E-state index contributed by atoms with van der Waals surface area (Å²) in [4.78, 5) is 0. The predicted molar refractivity (Wildman–Crippen MR) is 88.4 cm³/mol. The van der Waals surface area contributed by atoms with E-state index in [2.05, 4.69) is 42.2 Å². The van der Waals surface area contributed by atoms with Crippen LogP contribution in [0.1, 0.15) is 51.5 Å². The van der Waals surface area contributed by atoms with Crippen LogP contribution in [0.25, 0.3) is 0 Å². The Morgan fingerprint density at radius 2 is 2.15 bits per heavy atom. The normalized spacial score (nSPS) is 18.3. The highest BCUT2D eigenvalue weighted by atomic mass is 32.2. The van der Waals surface area contributed by atoms with E-state index in [9.17, 15) is 0 Å². The molecule has 0 spiro atoms. The van der Waals surface area contributed by atoms with Crippen molar-refractivity contribution in [3.63, 3.8) is 0 Å². The van der Waals surface area contributed by atoms with Crippen molar-refractivity contribution in [1.29, 1.82) is 0 Å². The first-order valence-corrected chi connectivity index (χ1v) is 9.23. The first-order valence-electron chi connectivity index (χ1n) is 8.18. The number of thioether (sulfide) groups is 1. The number of rotatable bonds is 8. The van der Waals surface area contributed by atoms with Crippen LogP contribution in [-0.2, 0) is 13.0 Å². The highest BCUT2D eigenvalue weighted by molar-refractivity contribution is 7.99. The number of hydrogen-bond acceptors (Lipinski definition) is 3. The largest absolute Gasteiger partial charge is 0.313 e. The van der Waals surface area contributed by atoms with E-state index in [-0.39, 0.29) is 0 Å². The Kier molecular flexibility index (Phi) is 6.94. The van der Waals surface area contributed by atoms with Crippen LogP contribution in [0.2, 0.25) is 0 Å². The highest BCUT2D eigenvalue weighted by Gasteiger charge is 2.17. The minimum Gasteiger partial charge on any atom is -0.313 e. The van der Waals surface area contributed by atoms with Crippen molar-refractivity contribution in [1.82, 2.24) is 15.1 Å². The molecule has 0 radical (unpaired) electrons. The van der Waals surface area contributed by atoms with E-state index in [1.807, 2.05) is 10.9 Å². The molecule has 4 heteroatoms. The second kappa shape index (κ2) is 8.73. The van der Waals surface area contributed by atoms with Gasteiger partial charge in [-0.15, -0.1) is 0 Å². The minimum atomic E-state index is 0.585. The van der Waals surface area contributed by atoms with Gasteiger partial charge in [-0.05, 0) is 38.3 Å². The average Bonchev–Trinajstić information content (AvgIpc) is 2.94. The molecule has 1 fully saturated rings. The van der Waals surface area contributed by atoms with Crippen molar-refractivity contribution in [2.24, 2.45) is 0 Å². The summed E-state index contributed by atoms with van der Waals surface area (Å²) in [5, 5.41) is 8.93. The lowest BCUT2D eigenvalue weighted by Crippen LogP contribution is -2.34. The molecule has 1 atom stereocenters. The fourth-order valence-corrected chi connectivity index (χ4v) is 4.34. The number of nitrogens with zero attached hydrogens (tertiary/aromatic N) is 2. The van der Waals surface area contributed by atoms with Crippen molar-refractivity contribution in [2.75, 3.05) is 12.3 Å². The van der Waals surface area contributed by atoms with Gasteiger partial charge in [0.2, 0.25) is 0 Å². The van der Waals surface area contributed by atoms with Crippen molar-refractivity contribution >= 4 is 11.8 Å². The molecule has 0 aromatic carbocycles. The molecular formula is C16H29N3S. The smallest absolute Gasteiger partial charge is 0.0522 e. The lowest BCUT2D eigenvalue weighted by Gasteiger charge is -2.24. The van der Waals surface area contributed by atoms with Gasteiger partial charge in [-0.25, -0.2) is 0 Å². The maximum Gasteiger partial charge on any atom is 0.0522 e. The Bertz CT molecular complexity index is 372. The summed E-state index contributed by atoms with van der Waals surface area (Å²) in [6, 6.07) is 0.585.